The van der Waals surface area contributed by atoms with Crippen LogP contribution >= 0.6 is 0 Å². The summed E-state index contributed by atoms with van der Waals surface area (Å²) in [6.45, 7) is 2.63. The Morgan fingerprint density at radius 3 is 2.35 bits per heavy atom. The molecule has 3 aromatic carbocycles. The van der Waals surface area contributed by atoms with Crippen LogP contribution in [0.1, 0.15) is 43.2 Å². The Morgan fingerprint density at radius 1 is 0.946 bits per heavy atom. The molecule has 1 aliphatic rings. The van der Waals surface area contributed by atoms with Crippen molar-refractivity contribution >= 4 is 21.6 Å². The molecule has 7 heteroatoms. The number of carbonyl (C=O) groups excluding carboxylic acids is 1. The van der Waals surface area contributed by atoms with Crippen molar-refractivity contribution in [3.63, 3.8) is 0 Å². The number of allylic oxidation sites excluding steroid dienone is 1. The minimum absolute atomic E-state index is 0.0895. The molecular weight excluding hydrogens is 484 g/mol. The smallest absolute Gasteiger partial charge is 0.264 e. The van der Waals surface area contributed by atoms with Crippen LogP contribution in [0.3, 0.4) is 0 Å². The second kappa shape index (κ2) is 12.6. The molecule has 0 aliphatic heterocycles. The third-order valence-corrected chi connectivity index (χ3v) is 8.21. The van der Waals surface area contributed by atoms with E-state index in [-0.39, 0.29) is 24.0 Å². The van der Waals surface area contributed by atoms with Gasteiger partial charge in [-0.2, -0.15) is 0 Å². The first-order valence-electron chi connectivity index (χ1n) is 12.7. The highest BCUT2D eigenvalue weighted by atomic mass is 32.2. The van der Waals surface area contributed by atoms with Gasteiger partial charge in [0, 0.05) is 6.54 Å². The number of aryl methyl sites for hydroxylation is 1. The molecule has 1 amide bonds. The SMILES string of the molecule is Cc1ccc(S(=O)(=O)N(Cc2ccccc2)c2ccc(OCC(=O)NCCC3=CCCCC3)cc2)cc1. The Bertz CT molecular complexity index is 1300. The number of hydrogen-bond donors (Lipinski definition) is 1. The molecule has 0 spiro atoms. The standard InChI is InChI=1S/C30H34N2O4S/c1-24-12-18-29(19-13-24)37(34,35)32(22-26-10-6-3-7-11-26)27-14-16-28(17-15-27)36-23-30(33)31-21-20-25-8-4-2-5-9-25/h3,6-8,10-19H,2,4-5,9,20-23H2,1H3,(H,31,33). The summed E-state index contributed by atoms with van der Waals surface area (Å²) in [5.74, 6) is 0.328. The van der Waals surface area contributed by atoms with Gasteiger partial charge in [0.15, 0.2) is 6.61 Å². The third-order valence-electron chi connectivity index (χ3n) is 6.43. The molecule has 6 nitrogen and oxygen atoms in total. The fraction of sp³-hybridized carbons (Fsp3) is 0.300. The van der Waals surface area contributed by atoms with Crippen molar-refractivity contribution in [2.75, 3.05) is 17.5 Å². The number of hydrogen-bond acceptors (Lipinski definition) is 4. The van der Waals surface area contributed by atoms with Crippen LogP contribution in [0.2, 0.25) is 0 Å². The van der Waals surface area contributed by atoms with E-state index >= 15 is 0 Å². The van der Waals surface area contributed by atoms with Crippen molar-refractivity contribution in [1.29, 1.82) is 0 Å². The van der Waals surface area contributed by atoms with Gasteiger partial charge in [0.25, 0.3) is 15.9 Å². The molecule has 0 heterocycles. The van der Waals surface area contributed by atoms with E-state index in [9.17, 15) is 13.2 Å². The van der Waals surface area contributed by atoms with Crippen LogP contribution in [0.25, 0.3) is 0 Å². The van der Waals surface area contributed by atoms with E-state index < -0.39 is 10.0 Å². The fourth-order valence-corrected chi connectivity index (χ4v) is 5.76. The Labute approximate surface area is 220 Å². The van der Waals surface area contributed by atoms with E-state index in [4.69, 9.17) is 4.74 Å². The first-order chi connectivity index (χ1) is 17.9. The van der Waals surface area contributed by atoms with E-state index in [1.807, 2.05) is 37.3 Å². The van der Waals surface area contributed by atoms with Gasteiger partial charge in [-0.1, -0.05) is 59.7 Å². The zero-order valence-electron chi connectivity index (χ0n) is 21.2. The fourth-order valence-electron chi connectivity index (χ4n) is 4.30. The first kappa shape index (κ1) is 26.5. The van der Waals surface area contributed by atoms with Gasteiger partial charge in [0.05, 0.1) is 17.1 Å². The highest BCUT2D eigenvalue weighted by molar-refractivity contribution is 7.92. The number of nitrogens with zero attached hydrogens (tertiary/aromatic N) is 1. The topological polar surface area (TPSA) is 75.7 Å². The van der Waals surface area contributed by atoms with Crippen LogP contribution < -0.4 is 14.4 Å². The van der Waals surface area contributed by atoms with E-state index in [1.165, 1.54) is 22.7 Å². The number of nitrogens with one attached hydrogen (secondary N) is 1. The highest BCUT2D eigenvalue weighted by Crippen LogP contribution is 2.28. The summed E-state index contributed by atoms with van der Waals surface area (Å²) in [7, 11) is -3.80. The zero-order valence-corrected chi connectivity index (χ0v) is 22.0. The lowest BCUT2D eigenvalue weighted by Crippen LogP contribution is -2.31. The highest BCUT2D eigenvalue weighted by Gasteiger charge is 2.25. The monoisotopic (exact) mass is 518 g/mol. The summed E-state index contributed by atoms with van der Waals surface area (Å²) in [4.78, 5) is 12.4. The summed E-state index contributed by atoms with van der Waals surface area (Å²) >= 11 is 0. The number of carbonyl (C=O) groups is 1. The van der Waals surface area contributed by atoms with Crippen molar-refractivity contribution in [3.05, 3.63) is 102 Å². The molecule has 0 fully saturated rings. The van der Waals surface area contributed by atoms with Gasteiger partial charge in [-0.25, -0.2) is 8.42 Å². The van der Waals surface area contributed by atoms with E-state index in [0.29, 0.717) is 18.0 Å². The van der Waals surface area contributed by atoms with Gasteiger partial charge in [0.1, 0.15) is 5.75 Å². The molecule has 0 atom stereocenters. The third kappa shape index (κ3) is 7.46. The van der Waals surface area contributed by atoms with Crippen molar-refractivity contribution in [2.24, 2.45) is 0 Å². The van der Waals surface area contributed by atoms with E-state index in [0.717, 1.165) is 30.4 Å². The molecule has 0 saturated heterocycles. The molecule has 194 valence electrons. The lowest BCUT2D eigenvalue weighted by molar-refractivity contribution is -0.123. The van der Waals surface area contributed by atoms with Crippen molar-refractivity contribution < 1.29 is 17.9 Å². The van der Waals surface area contributed by atoms with Crippen LogP contribution in [0.4, 0.5) is 5.69 Å². The van der Waals surface area contributed by atoms with Gasteiger partial charge < -0.3 is 10.1 Å². The molecule has 0 unspecified atom stereocenters. The molecule has 3 aromatic rings. The molecular formula is C30H34N2O4S. The second-order valence-electron chi connectivity index (χ2n) is 9.30. The predicted molar refractivity (Wildman–Crippen MR) is 147 cm³/mol. The Morgan fingerprint density at radius 2 is 1.68 bits per heavy atom. The number of amides is 1. The molecule has 4 rings (SSSR count). The first-order valence-corrected chi connectivity index (χ1v) is 14.2. The number of benzene rings is 3. The zero-order chi connectivity index (χ0) is 26.1. The number of anilines is 1. The van der Waals surface area contributed by atoms with Crippen molar-refractivity contribution in [3.8, 4) is 5.75 Å². The molecule has 37 heavy (non-hydrogen) atoms. The lowest BCUT2D eigenvalue weighted by atomic mass is 9.97. The van der Waals surface area contributed by atoms with E-state index in [2.05, 4.69) is 11.4 Å². The summed E-state index contributed by atoms with van der Waals surface area (Å²) in [5.41, 5.74) is 3.80. The van der Waals surface area contributed by atoms with Crippen LogP contribution in [0, 0.1) is 6.92 Å². The Kier molecular flexibility index (Phi) is 9.01. The Balaban J connectivity index is 1.41. The minimum Gasteiger partial charge on any atom is -0.484 e. The van der Waals surface area contributed by atoms with Gasteiger partial charge in [0.2, 0.25) is 0 Å². The van der Waals surface area contributed by atoms with Gasteiger partial charge >= 0.3 is 0 Å². The predicted octanol–water partition coefficient (Wildman–Crippen LogP) is 5.78. The van der Waals surface area contributed by atoms with Crippen LogP contribution in [-0.2, 0) is 21.4 Å². The van der Waals surface area contributed by atoms with Crippen LogP contribution in [0.15, 0.2) is 95.4 Å². The molecule has 0 saturated carbocycles. The minimum atomic E-state index is -3.80. The quantitative estimate of drug-likeness (QED) is 0.327. The molecule has 0 aromatic heterocycles. The molecule has 0 bridgehead atoms. The number of sulfonamides is 1. The van der Waals surface area contributed by atoms with Crippen molar-refractivity contribution in [1.82, 2.24) is 5.32 Å². The van der Waals surface area contributed by atoms with Crippen LogP contribution in [-0.4, -0.2) is 27.5 Å². The second-order valence-corrected chi connectivity index (χ2v) is 11.2. The summed E-state index contributed by atoms with van der Waals surface area (Å²) in [6, 6.07) is 23.1. The maximum absolute atomic E-state index is 13.6. The number of ether oxygens (including phenoxy) is 1. The average Bonchev–Trinajstić information content (AvgIpc) is 2.92. The van der Waals surface area contributed by atoms with Gasteiger partial charge in [-0.05, 0) is 81.0 Å². The van der Waals surface area contributed by atoms with E-state index in [1.54, 1.807) is 48.5 Å². The van der Waals surface area contributed by atoms with Gasteiger partial charge in [-0.15, -0.1) is 0 Å². The van der Waals surface area contributed by atoms with Gasteiger partial charge in [-0.3, -0.25) is 9.10 Å². The molecule has 0 radical (unpaired) electrons. The summed E-state index contributed by atoms with van der Waals surface area (Å²) in [6.07, 6.45) is 7.91. The molecule has 1 aliphatic carbocycles. The number of rotatable bonds is 11. The lowest BCUT2D eigenvalue weighted by Gasteiger charge is -2.25. The summed E-state index contributed by atoms with van der Waals surface area (Å²) < 4.78 is 34.2. The average molecular weight is 519 g/mol. The Hall–Kier alpha value is -3.58. The summed E-state index contributed by atoms with van der Waals surface area (Å²) in [5, 5.41) is 2.91. The van der Waals surface area contributed by atoms with Crippen molar-refractivity contribution in [2.45, 2.75) is 50.5 Å². The normalized spacial score (nSPS) is 13.5. The molecule has 1 N–H and O–H groups in total. The largest absolute Gasteiger partial charge is 0.484 e. The maximum atomic E-state index is 13.6. The van der Waals surface area contributed by atoms with Crippen LogP contribution in [0.5, 0.6) is 5.75 Å². The maximum Gasteiger partial charge on any atom is 0.264 e.